The van der Waals surface area contributed by atoms with Crippen LogP contribution in [0.15, 0.2) is 48.5 Å². The van der Waals surface area contributed by atoms with Gasteiger partial charge in [-0.25, -0.2) is 5.10 Å². The molecule has 3 aromatic rings. The molecule has 1 aliphatic heterocycles. The van der Waals surface area contributed by atoms with E-state index in [1.807, 2.05) is 0 Å². The van der Waals surface area contributed by atoms with E-state index in [0.29, 0.717) is 0 Å². The summed E-state index contributed by atoms with van der Waals surface area (Å²) in [4.78, 5) is 27.1. The van der Waals surface area contributed by atoms with Gasteiger partial charge in [-0.05, 0) is 39.8 Å². The van der Waals surface area contributed by atoms with Gasteiger partial charge in [-0.15, -0.1) is 0 Å². The molecule has 0 fully saturated rings. The van der Waals surface area contributed by atoms with E-state index in [4.69, 9.17) is 0 Å². The van der Waals surface area contributed by atoms with Crippen LogP contribution in [0, 0.1) is 0 Å². The van der Waals surface area contributed by atoms with Gasteiger partial charge < -0.3 is 4.90 Å². The number of fused-ring (bicyclic) bond motifs is 1. The Morgan fingerprint density at radius 2 is 1.93 bits per heavy atom. The molecule has 2 heterocycles. The number of aromatic nitrogens is 4. The number of rotatable bonds is 3. The number of benzene rings is 2. The van der Waals surface area contributed by atoms with Crippen molar-refractivity contribution < 1.29 is 22.8 Å². The summed E-state index contributed by atoms with van der Waals surface area (Å²) in [6.07, 6.45) is -4.56. The van der Waals surface area contributed by atoms with Crippen LogP contribution in [0.5, 0.6) is 0 Å². The minimum atomic E-state index is -4.56. The summed E-state index contributed by atoms with van der Waals surface area (Å²) in [7, 11) is 0. The Morgan fingerprint density at radius 3 is 2.67 bits per heavy atom. The van der Waals surface area contributed by atoms with Crippen LogP contribution in [0.4, 0.5) is 19.1 Å². The quantitative estimate of drug-likeness (QED) is 0.683. The lowest BCUT2D eigenvalue weighted by atomic mass is 9.88. The Hall–Kier alpha value is -3.76. The third-order valence-electron chi connectivity index (χ3n) is 4.82. The predicted molar refractivity (Wildman–Crippen MR) is 98.2 cm³/mol. The zero-order valence-electron chi connectivity index (χ0n) is 15.3. The molecule has 4 rings (SSSR count). The largest absolute Gasteiger partial charge is 0.416 e. The lowest BCUT2D eigenvalue weighted by Crippen LogP contribution is -2.42. The molecule has 0 bridgehead atoms. The number of alkyl halides is 3. The highest BCUT2D eigenvalue weighted by atomic mass is 19.4. The van der Waals surface area contributed by atoms with Gasteiger partial charge in [-0.2, -0.15) is 13.2 Å². The molecule has 0 saturated heterocycles. The van der Waals surface area contributed by atoms with Gasteiger partial charge >= 0.3 is 6.18 Å². The van der Waals surface area contributed by atoms with Gasteiger partial charge in [-0.3, -0.25) is 14.9 Å². The van der Waals surface area contributed by atoms with Gasteiger partial charge in [0.2, 0.25) is 11.9 Å². The van der Waals surface area contributed by atoms with E-state index in [2.05, 4.69) is 25.9 Å². The number of H-pyrrole nitrogens is 1. The van der Waals surface area contributed by atoms with Gasteiger partial charge in [0.25, 0.3) is 5.91 Å². The highest BCUT2D eigenvalue weighted by molar-refractivity contribution is 5.98. The minimum Gasteiger partial charge on any atom is -0.333 e. The lowest BCUT2D eigenvalue weighted by molar-refractivity contribution is -0.137. The Morgan fingerprint density at radius 1 is 1.13 bits per heavy atom. The number of anilines is 1. The molecule has 0 radical (unpaired) electrons. The Kier molecular flexibility index (Phi) is 4.94. The van der Waals surface area contributed by atoms with E-state index in [1.165, 1.54) is 17.0 Å². The summed E-state index contributed by atoms with van der Waals surface area (Å²) in [5.41, 5.74) is 0.469. The molecule has 1 aromatic heterocycles. The van der Waals surface area contributed by atoms with Crippen LogP contribution in [0.1, 0.15) is 33.0 Å². The molecule has 2 aromatic carbocycles. The van der Waals surface area contributed by atoms with E-state index in [9.17, 15) is 22.8 Å². The number of aromatic amines is 1. The van der Waals surface area contributed by atoms with Crippen LogP contribution < -0.4 is 5.32 Å². The monoisotopic (exact) mass is 416 g/mol. The normalized spacial score (nSPS) is 16.1. The number of carbonyl (C=O) groups excluding carboxylic acids is 2. The number of hydrogen-bond donors (Lipinski definition) is 2. The summed E-state index contributed by atoms with van der Waals surface area (Å²) >= 11 is 0. The molecule has 0 saturated carbocycles. The minimum absolute atomic E-state index is 0.000505. The van der Waals surface area contributed by atoms with Crippen molar-refractivity contribution in [2.45, 2.75) is 18.6 Å². The lowest BCUT2D eigenvalue weighted by Gasteiger charge is -2.34. The molecule has 30 heavy (non-hydrogen) atoms. The Labute approximate surface area is 168 Å². The van der Waals surface area contributed by atoms with Crippen LogP contribution in [0.3, 0.4) is 0 Å². The number of tetrazole rings is 1. The molecule has 2 N–H and O–H groups in total. The average Bonchev–Trinajstić information content (AvgIpc) is 3.25. The highest BCUT2D eigenvalue weighted by Crippen LogP contribution is 2.32. The molecule has 8 nitrogen and oxygen atoms in total. The second-order valence-electron chi connectivity index (χ2n) is 6.75. The zero-order valence-corrected chi connectivity index (χ0v) is 15.3. The molecular weight excluding hydrogens is 401 g/mol. The van der Waals surface area contributed by atoms with Crippen molar-refractivity contribution in [3.05, 3.63) is 70.8 Å². The first-order valence-corrected chi connectivity index (χ1v) is 8.92. The molecule has 11 heteroatoms. The number of halogens is 3. The summed E-state index contributed by atoms with van der Waals surface area (Å²) in [6, 6.07) is 11.3. The van der Waals surface area contributed by atoms with E-state index >= 15 is 0 Å². The van der Waals surface area contributed by atoms with Gasteiger partial charge in [-0.1, -0.05) is 35.4 Å². The van der Waals surface area contributed by atoms with E-state index in [0.717, 1.165) is 23.3 Å². The van der Waals surface area contributed by atoms with Gasteiger partial charge in [0.05, 0.1) is 11.5 Å². The third kappa shape index (κ3) is 3.86. The SMILES string of the molecule is O=C(Nc1nnn[nH]1)C1CN(C(=O)c2cccc(C(F)(F)F)c2)Cc2ccccc21. The maximum atomic E-state index is 13.0. The molecule has 0 spiro atoms. The fraction of sp³-hybridized carbons (Fsp3) is 0.211. The predicted octanol–water partition coefficient (Wildman–Crippen LogP) is 2.60. The summed E-state index contributed by atoms with van der Waals surface area (Å²) in [6.45, 7) is 0.179. The molecule has 1 unspecified atom stereocenters. The fourth-order valence-electron chi connectivity index (χ4n) is 3.41. The number of amides is 2. The van der Waals surface area contributed by atoms with Crippen LogP contribution in [-0.2, 0) is 17.5 Å². The third-order valence-corrected chi connectivity index (χ3v) is 4.82. The average molecular weight is 416 g/mol. The van der Waals surface area contributed by atoms with E-state index in [-0.39, 0.29) is 24.6 Å². The Bertz CT molecular complexity index is 1080. The highest BCUT2D eigenvalue weighted by Gasteiger charge is 2.35. The van der Waals surface area contributed by atoms with Crippen LogP contribution in [-0.4, -0.2) is 43.9 Å². The van der Waals surface area contributed by atoms with E-state index < -0.39 is 29.5 Å². The van der Waals surface area contributed by atoms with Gasteiger partial charge in [0.1, 0.15) is 0 Å². The first-order valence-electron chi connectivity index (χ1n) is 8.92. The summed E-state index contributed by atoms with van der Waals surface area (Å²) < 4.78 is 39.1. The van der Waals surface area contributed by atoms with Crippen molar-refractivity contribution in [2.24, 2.45) is 0 Å². The molecule has 1 aliphatic rings. The molecule has 0 aliphatic carbocycles. The number of nitrogens with zero attached hydrogens (tertiary/aromatic N) is 4. The smallest absolute Gasteiger partial charge is 0.333 e. The first kappa shape index (κ1) is 19.6. The van der Waals surface area contributed by atoms with Crippen LogP contribution in [0.25, 0.3) is 0 Å². The number of hydrogen-bond acceptors (Lipinski definition) is 5. The van der Waals surface area contributed by atoms with Crippen molar-refractivity contribution in [1.82, 2.24) is 25.5 Å². The molecular formula is C19H15F3N6O2. The number of carbonyl (C=O) groups is 2. The summed E-state index contributed by atoms with van der Waals surface area (Å²) in [5.74, 6) is -1.72. The van der Waals surface area contributed by atoms with Crippen molar-refractivity contribution in [3.63, 3.8) is 0 Å². The molecule has 154 valence electrons. The maximum Gasteiger partial charge on any atom is 0.416 e. The second-order valence-corrected chi connectivity index (χ2v) is 6.75. The van der Waals surface area contributed by atoms with Crippen molar-refractivity contribution in [3.8, 4) is 0 Å². The zero-order chi connectivity index (χ0) is 21.3. The Balaban J connectivity index is 1.62. The fourth-order valence-corrected chi connectivity index (χ4v) is 3.41. The van der Waals surface area contributed by atoms with Gasteiger partial charge in [0.15, 0.2) is 0 Å². The topological polar surface area (TPSA) is 104 Å². The summed E-state index contributed by atoms with van der Waals surface area (Å²) in [5, 5.41) is 15.3. The molecule has 1 atom stereocenters. The standard InChI is InChI=1S/C19H15F3N6O2/c20-19(21,22)13-6-3-5-11(8-13)17(30)28-9-12-4-1-2-7-14(12)15(10-28)16(29)23-18-24-26-27-25-18/h1-8,15H,9-10H2,(H2,23,24,25,26,27,29). The van der Waals surface area contributed by atoms with Crippen LogP contribution >= 0.6 is 0 Å². The van der Waals surface area contributed by atoms with Crippen molar-refractivity contribution in [1.29, 1.82) is 0 Å². The van der Waals surface area contributed by atoms with E-state index in [1.54, 1.807) is 24.3 Å². The first-order chi connectivity index (χ1) is 14.3. The van der Waals surface area contributed by atoms with Crippen molar-refractivity contribution >= 4 is 17.8 Å². The van der Waals surface area contributed by atoms with Crippen LogP contribution in [0.2, 0.25) is 0 Å². The van der Waals surface area contributed by atoms with Crippen molar-refractivity contribution in [2.75, 3.05) is 11.9 Å². The molecule has 2 amide bonds. The maximum absolute atomic E-state index is 13.0. The van der Waals surface area contributed by atoms with Gasteiger partial charge in [0, 0.05) is 18.7 Å². The number of nitrogens with one attached hydrogen (secondary N) is 2. The second kappa shape index (κ2) is 7.58.